The highest BCUT2D eigenvalue weighted by Crippen LogP contribution is 2.43. The number of carbonyl (C=O) groups excluding carboxylic acids is 1. The van der Waals surface area contributed by atoms with Gasteiger partial charge in [-0.25, -0.2) is 4.39 Å². The predicted octanol–water partition coefficient (Wildman–Crippen LogP) is 4.81. The minimum Gasteiger partial charge on any atom is -0.356 e. The summed E-state index contributed by atoms with van der Waals surface area (Å²) in [5.41, 5.74) is 5.51. The van der Waals surface area contributed by atoms with E-state index >= 15 is 0 Å². The van der Waals surface area contributed by atoms with Crippen molar-refractivity contribution < 1.29 is 13.4 Å². The SMILES string of the molecule is CCCNC(=O)CC1=C(C)/C(=C/c2ccc(S(C)=O)cc2)c2ccc(F)cc21. The summed E-state index contributed by atoms with van der Waals surface area (Å²) < 4.78 is 25.5. The van der Waals surface area contributed by atoms with E-state index in [1.54, 1.807) is 12.3 Å². The van der Waals surface area contributed by atoms with Gasteiger partial charge < -0.3 is 5.32 Å². The molecule has 0 fully saturated rings. The van der Waals surface area contributed by atoms with Crippen molar-refractivity contribution in [2.75, 3.05) is 12.8 Å². The smallest absolute Gasteiger partial charge is 0.224 e. The van der Waals surface area contributed by atoms with E-state index in [2.05, 4.69) is 5.32 Å². The number of fused-ring (bicyclic) bond motifs is 1. The lowest BCUT2D eigenvalue weighted by molar-refractivity contribution is -0.120. The van der Waals surface area contributed by atoms with Crippen LogP contribution in [0, 0.1) is 5.82 Å². The number of rotatable bonds is 6. The normalized spacial score (nSPS) is 15.6. The van der Waals surface area contributed by atoms with Gasteiger partial charge in [-0.3, -0.25) is 9.00 Å². The second-order valence-electron chi connectivity index (χ2n) is 6.90. The van der Waals surface area contributed by atoms with Crippen molar-refractivity contribution >= 4 is 33.9 Å². The van der Waals surface area contributed by atoms with Crippen molar-refractivity contribution in [3.05, 3.63) is 70.5 Å². The first-order valence-corrected chi connectivity index (χ1v) is 10.9. The summed E-state index contributed by atoms with van der Waals surface area (Å²) in [5.74, 6) is -0.364. The molecule has 0 radical (unpaired) electrons. The number of benzene rings is 2. The number of amides is 1. The molecule has 1 unspecified atom stereocenters. The maximum Gasteiger partial charge on any atom is 0.224 e. The summed E-state index contributed by atoms with van der Waals surface area (Å²) in [7, 11) is -1.02. The fourth-order valence-corrected chi connectivity index (χ4v) is 3.91. The maximum atomic E-state index is 13.9. The van der Waals surface area contributed by atoms with E-state index in [0.717, 1.165) is 44.7 Å². The molecule has 0 saturated heterocycles. The van der Waals surface area contributed by atoms with E-state index in [0.29, 0.717) is 6.54 Å². The van der Waals surface area contributed by atoms with E-state index in [9.17, 15) is 13.4 Å². The summed E-state index contributed by atoms with van der Waals surface area (Å²) in [4.78, 5) is 13.1. The van der Waals surface area contributed by atoms with Gasteiger partial charge in [-0.2, -0.15) is 0 Å². The molecule has 1 aliphatic carbocycles. The monoisotopic (exact) mass is 397 g/mol. The maximum absolute atomic E-state index is 13.9. The average Bonchev–Trinajstić information content (AvgIpc) is 2.92. The van der Waals surface area contributed by atoms with E-state index in [1.165, 1.54) is 12.1 Å². The highest BCUT2D eigenvalue weighted by molar-refractivity contribution is 7.84. The number of hydrogen-bond donors (Lipinski definition) is 1. The Kier molecular flexibility index (Phi) is 6.25. The molecule has 5 heteroatoms. The van der Waals surface area contributed by atoms with Crippen LogP contribution in [0.5, 0.6) is 0 Å². The summed E-state index contributed by atoms with van der Waals surface area (Å²) in [6.07, 6.45) is 4.79. The Morgan fingerprint density at radius 1 is 1.14 bits per heavy atom. The van der Waals surface area contributed by atoms with E-state index < -0.39 is 10.8 Å². The first-order valence-electron chi connectivity index (χ1n) is 9.33. The van der Waals surface area contributed by atoms with Gasteiger partial charge >= 0.3 is 0 Å². The Morgan fingerprint density at radius 3 is 2.50 bits per heavy atom. The van der Waals surface area contributed by atoms with E-state index in [4.69, 9.17) is 0 Å². The van der Waals surface area contributed by atoms with Crippen LogP contribution in [-0.4, -0.2) is 22.9 Å². The Balaban J connectivity index is 2.01. The van der Waals surface area contributed by atoms with Crippen molar-refractivity contribution in [1.29, 1.82) is 0 Å². The van der Waals surface area contributed by atoms with Crippen LogP contribution in [0.3, 0.4) is 0 Å². The van der Waals surface area contributed by atoms with Gasteiger partial charge in [0.05, 0.1) is 6.42 Å². The molecule has 0 saturated carbocycles. The molecule has 0 heterocycles. The minimum atomic E-state index is -1.02. The van der Waals surface area contributed by atoms with Crippen LogP contribution in [0.1, 0.15) is 43.4 Å². The summed E-state index contributed by atoms with van der Waals surface area (Å²) in [6.45, 7) is 4.61. The molecule has 0 bridgehead atoms. The molecule has 0 spiro atoms. The lowest BCUT2D eigenvalue weighted by Gasteiger charge is -2.07. The Morgan fingerprint density at radius 2 is 1.86 bits per heavy atom. The molecule has 3 nitrogen and oxygen atoms in total. The largest absolute Gasteiger partial charge is 0.356 e. The molecule has 1 N–H and O–H groups in total. The Labute approximate surface area is 167 Å². The second kappa shape index (κ2) is 8.65. The van der Waals surface area contributed by atoms with Crippen LogP contribution in [0.4, 0.5) is 4.39 Å². The number of allylic oxidation sites excluding steroid dienone is 2. The third kappa shape index (κ3) is 4.30. The molecular formula is C23H24FNO2S. The molecule has 1 amide bonds. The van der Waals surface area contributed by atoms with E-state index in [-0.39, 0.29) is 18.1 Å². The predicted molar refractivity (Wildman–Crippen MR) is 114 cm³/mol. The van der Waals surface area contributed by atoms with Crippen LogP contribution in [0.2, 0.25) is 0 Å². The fraction of sp³-hybridized carbons (Fsp3) is 0.261. The van der Waals surface area contributed by atoms with Crippen molar-refractivity contribution in [1.82, 2.24) is 5.32 Å². The quantitative estimate of drug-likeness (QED) is 0.761. The first kappa shape index (κ1) is 20.2. The lowest BCUT2D eigenvalue weighted by Crippen LogP contribution is -2.23. The number of hydrogen-bond acceptors (Lipinski definition) is 2. The van der Waals surface area contributed by atoms with Crippen molar-refractivity contribution in [2.24, 2.45) is 0 Å². The third-order valence-corrected chi connectivity index (χ3v) is 5.82. The highest BCUT2D eigenvalue weighted by atomic mass is 32.2. The molecule has 2 aromatic carbocycles. The summed E-state index contributed by atoms with van der Waals surface area (Å²) >= 11 is 0. The lowest BCUT2D eigenvalue weighted by atomic mass is 10.0. The number of carbonyl (C=O) groups is 1. The van der Waals surface area contributed by atoms with Crippen LogP contribution in [-0.2, 0) is 15.6 Å². The van der Waals surface area contributed by atoms with Crippen molar-refractivity contribution in [2.45, 2.75) is 31.6 Å². The molecule has 28 heavy (non-hydrogen) atoms. The molecule has 146 valence electrons. The van der Waals surface area contributed by atoms with Gasteiger partial charge in [0, 0.05) is 28.5 Å². The topological polar surface area (TPSA) is 46.2 Å². The minimum absolute atomic E-state index is 0.0533. The van der Waals surface area contributed by atoms with E-state index in [1.807, 2.05) is 44.2 Å². The van der Waals surface area contributed by atoms with Crippen LogP contribution in [0.15, 0.2) is 52.9 Å². The van der Waals surface area contributed by atoms with Gasteiger partial charge in [-0.05, 0) is 77.1 Å². The third-order valence-electron chi connectivity index (χ3n) is 4.89. The highest BCUT2D eigenvalue weighted by Gasteiger charge is 2.25. The average molecular weight is 398 g/mol. The summed E-state index contributed by atoms with van der Waals surface area (Å²) in [6, 6.07) is 12.3. The molecule has 1 aliphatic rings. The first-order chi connectivity index (χ1) is 13.4. The van der Waals surface area contributed by atoms with Crippen LogP contribution in [0.25, 0.3) is 17.2 Å². The van der Waals surface area contributed by atoms with Gasteiger partial charge in [0.25, 0.3) is 0 Å². The molecule has 1 atom stereocenters. The summed E-state index contributed by atoms with van der Waals surface area (Å²) in [5, 5.41) is 2.89. The van der Waals surface area contributed by atoms with Crippen LogP contribution < -0.4 is 5.32 Å². The molecule has 0 aromatic heterocycles. The Bertz CT molecular complexity index is 990. The van der Waals surface area contributed by atoms with Gasteiger partial charge in [0.1, 0.15) is 5.82 Å². The van der Waals surface area contributed by atoms with Crippen molar-refractivity contribution in [3.8, 4) is 0 Å². The number of nitrogens with one attached hydrogen (secondary N) is 1. The van der Waals surface area contributed by atoms with Gasteiger partial charge in [0.15, 0.2) is 0 Å². The van der Waals surface area contributed by atoms with Gasteiger partial charge in [-0.15, -0.1) is 0 Å². The zero-order valence-corrected chi connectivity index (χ0v) is 17.2. The van der Waals surface area contributed by atoms with Gasteiger partial charge in [-0.1, -0.05) is 25.1 Å². The number of halogens is 1. The fourth-order valence-electron chi connectivity index (χ4n) is 3.39. The second-order valence-corrected chi connectivity index (χ2v) is 8.28. The van der Waals surface area contributed by atoms with Crippen molar-refractivity contribution in [3.63, 3.8) is 0 Å². The molecular weight excluding hydrogens is 373 g/mol. The zero-order chi connectivity index (χ0) is 20.3. The Hall–Kier alpha value is -2.53. The van der Waals surface area contributed by atoms with Gasteiger partial charge in [0.2, 0.25) is 5.91 Å². The molecule has 3 rings (SSSR count). The zero-order valence-electron chi connectivity index (χ0n) is 16.3. The molecule has 0 aliphatic heterocycles. The molecule has 2 aromatic rings. The van der Waals surface area contributed by atoms with Crippen LogP contribution >= 0.6 is 0 Å². The standard InChI is InChI=1S/C23H24FNO2S/c1-4-11-25-23(26)14-21-15(2)20(19-10-7-17(24)13-22(19)21)12-16-5-8-18(9-6-16)28(3)27/h5-10,12-13H,4,11,14H2,1-3H3,(H,25,26)/b20-12-.